The molecule has 0 radical (unpaired) electrons. The van der Waals surface area contributed by atoms with E-state index in [0.717, 1.165) is 24.1 Å². The molecule has 2 bridgehead atoms. The molecule has 1 aromatic rings. The van der Waals surface area contributed by atoms with Gasteiger partial charge in [0.2, 0.25) is 0 Å². The summed E-state index contributed by atoms with van der Waals surface area (Å²) >= 11 is 1.54. The molecule has 3 rings (SSSR count). The van der Waals surface area contributed by atoms with Gasteiger partial charge >= 0.3 is 5.97 Å². The van der Waals surface area contributed by atoms with Crippen molar-refractivity contribution in [2.75, 3.05) is 0 Å². The first-order chi connectivity index (χ1) is 9.52. The van der Waals surface area contributed by atoms with Crippen LogP contribution in [0.4, 0.5) is 0 Å². The minimum Gasteiger partial charge on any atom is -0.481 e. The standard InChI is InChI=1S/C15H19NO3S/c1-3-9-6-13(20-8(9)2)14(17)16-10-4-5-12(16)11(7-10)15(18)19/h6,10-12H,3-5,7H2,1-2H3,(H,18,19). The highest BCUT2D eigenvalue weighted by atomic mass is 32.1. The highest BCUT2D eigenvalue weighted by Gasteiger charge is 2.51. The number of carbonyl (C=O) groups is 2. The average Bonchev–Trinajstić information content (AvgIpc) is 3.09. The number of fused-ring (bicyclic) bond motifs is 2. The van der Waals surface area contributed by atoms with Crippen molar-refractivity contribution in [3.05, 3.63) is 21.4 Å². The Morgan fingerprint density at radius 1 is 1.45 bits per heavy atom. The van der Waals surface area contributed by atoms with Gasteiger partial charge in [-0.15, -0.1) is 11.3 Å². The second-order valence-corrected chi connectivity index (χ2v) is 6.99. The molecule has 4 nitrogen and oxygen atoms in total. The van der Waals surface area contributed by atoms with Crippen LogP contribution in [-0.2, 0) is 11.2 Å². The van der Waals surface area contributed by atoms with E-state index in [1.165, 1.54) is 21.8 Å². The Labute approximate surface area is 122 Å². The number of thiophene rings is 1. The van der Waals surface area contributed by atoms with Crippen LogP contribution in [-0.4, -0.2) is 34.0 Å². The van der Waals surface area contributed by atoms with Gasteiger partial charge < -0.3 is 10.0 Å². The third kappa shape index (κ3) is 1.95. The first kappa shape index (κ1) is 13.6. The first-order valence-electron chi connectivity index (χ1n) is 7.17. The van der Waals surface area contributed by atoms with E-state index in [-0.39, 0.29) is 23.9 Å². The van der Waals surface area contributed by atoms with Gasteiger partial charge in [0.15, 0.2) is 0 Å². The Bertz CT molecular complexity index is 565. The molecule has 3 atom stereocenters. The van der Waals surface area contributed by atoms with Gasteiger partial charge in [0, 0.05) is 17.0 Å². The number of hydrogen-bond donors (Lipinski definition) is 1. The van der Waals surface area contributed by atoms with Crippen molar-refractivity contribution in [3.8, 4) is 0 Å². The molecule has 5 heteroatoms. The number of carboxylic acids is 1. The highest BCUT2D eigenvalue weighted by Crippen LogP contribution is 2.43. The largest absolute Gasteiger partial charge is 0.481 e. The molecule has 3 heterocycles. The summed E-state index contributed by atoms with van der Waals surface area (Å²) in [5.41, 5.74) is 1.22. The predicted molar refractivity (Wildman–Crippen MR) is 77.2 cm³/mol. The molecule has 1 amide bonds. The second-order valence-electron chi connectivity index (χ2n) is 5.74. The van der Waals surface area contributed by atoms with Crippen molar-refractivity contribution in [1.82, 2.24) is 4.90 Å². The van der Waals surface area contributed by atoms with E-state index in [1.807, 2.05) is 17.9 Å². The summed E-state index contributed by atoms with van der Waals surface area (Å²) in [5.74, 6) is -1.09. The van der Waals surface area contributed by atoms with Crippen molar-refractivity contribution in [1.29, 1.82) is 0 Å². The van der Waals surface area contributed by atoms with Gasteiger partial charge in [0.1, 0.15) is 0 Å². The van der Waals surface area contributed by atoms with Gasteiger partial charge in [0.05, 0.1) is 10.8 Å². The van der Waals surface area contributed by atoms with Crippen LogP contribution in [0.5, 0.6) is 0 Å². The summed E-state index contributed by atoms with van der Waals surface area (Å²) in [7, 11) is 0. The molecule has 3 unspecified atom stereocenters. The minimum absolute atomic E-state index is 0.0362. The maximum atomic E-state index is 12.7. The van der Waals surface area contributed by atoms with E-state index in [2.05, 4.69) is 6.92 Å². The number of carbonyl (C=O) groups excluding carboxylic acids is 1. The molecule has 1 aromatic heterocycles. The maximum absolute atomic E-state index is 12.7. The minimum atomic E-state index is -0.758. The quantitative estimate of drug-likeness (QED) is 0.932. The third-order valence-corrected chi connectivity index (χ3v) is 5.78. The molecule has 1 N–H and O–H groups in total. The molecule has 0 aliphatic carbocycles. The van der Waals surface area contributed by atoms with E-state index in [1.54, 1.807) is 0 Å². The van der Waals surface area contributed by atoms with Crippen LogP contribution in [0, 0.1) is 12.8 Å². The topological polar surface area (TPSA) is 57.6 Å². The van der Waals surface area contributed by atoms with Crippen LogP contribution in [0.15, 0.2) is 6.07 Å². The van der Waals surface area contributed by atoms with E-state index in [0.29, 0.717) is 6.42 Å². The summed E-state index contributed by atoms with van der Waals surface area (Å²) in [6, 6.07) is 2.01. The number of amides is 1. The second kappa shape index (κ2) is 4.88. The first-order valence-corrected chi connectivity index (χ1v) is 7.99. The molecule has 2 saturated heterocycles. The molecular formula is C15H19NO3S. The lowest BCUT2D eigenvalue weighted by atomic mass is 9.89. The van der Waals surface area contributed by atoms with Crippen molar-refractivity contribution in [2.24, 2.45) is 5.92 Å². The number of rotatable bonds is 3. The van der Waals surface area contributed by atoms with Gasteiger partial charge in [-0.05, 0) is 44.2 Å². The lowest BCUT2D eigenvalue weighted by Gasteiger charge is -2.22. The summed E-state index contributed by atoms with van der Waals surface area (Å²) in [6.07, 6.45) is 3.33. The zero-order chi connectivity index (χ0) is 14.4. The molecular weight excluding hydrogens is 274 g/mol. The summed E-state index contributed by atoms with van der Waals surface area (Å²) in [6.45, 7) is 4.13. The molecule has 2 aliphatic rings. The third-order valence-electron chi connectivity index (χ3n) is 4.70. The zero-order valence-electron chi connectivity index (χ0n) is 11.8. The Hall–Kier alpha value is -1.36. The fourth-order valence-electron chi connectivity index (χ4n) is 3.67. The molecule has 2 aliphatic heterocycles. The smallest absolute Gasteiger partial charge is 0.308 e. The van der Waals surface area contributed by atoms with Crippen molar-refractivity contribution < 1.29 is 14.7 Å². The van der Waals surface area contributed by atoms with E-state index < -0.39 is 5.97 Å². The summed E-state index contributed by atoms with van der Waals surface area (Å²) < 4.78 is 0. The fourth-order valence-corrected chi connectivity index (χ4v) is 4.73. The Balaban J connectivity index is 1.86. The van der Waals surface area contributed by atoms with E-state index >= 15 is 0 Å². The van der Waals surface area contributed by atoms with E-state index in [4.69, 9.17) is 0 Å². The molecule has 0 aromatic carbocycles. The number of hydrogen-bond acceptors (Lipinski definition) is 3. The zero-order valence-corrected chi connectivity index (χ0v) is 12.6. The van der Waals surface area contributed by atoms with Crippen LogP contribution in [0.25, 0.3) is 0 Å². The maximum Gasteiger partial charge on any atom is 0.308 e. The molecule has 20 heavy (non-hydrogen) atoms. The van der Waals surface area contributed by atoms with Crippen LogP contribution >= 0.6 is 11.3 Å². The fraction of sp³-hybridized carbons (Fsp3) is 0.600. The Morgan fingerprint density at radius 3 is 2.75 bits per heavy atom. The van der Waals surface area contributed by atoms with Gasteiger partial charge in [-0.2, -0.15) is 0 Å². The predicted octanol–water partition coefficient (Wildman–Crippen LogP) is 2.70. The lowest BCUT2D eigenvalue weighted by Crippen LogP contribution is -2.37. The van der Waals surface area contributed by atoms with Gasteiger partial charge in [-0.3, -0.25) is 9.59 Å². The van der Waals surface area contributed by atoms with Crippen LogP contribution in [0.3, 0.4) is 0 Å². The number of carboxylic acid groups (broad SMARTS) is 1. The normalized spacial score (nSPS) is 28.1. The average molecular weight is 293 g/mol. The van der Waals surface area contributed by atoms with Crippen LogP contribution in [0.1, 0.15) is 46.3 Å². The highest BCUT2D eigenvalue weighted by molar-refractivity contribution is 7.14. The van der Waals surface area contributed by atoms with Gasteiger partial charge in [0.25, 0.3) is 5.91 Å². The van der Waals surface area contributed by atoms with Crippen molar-refractivity contribution in [3.63, 3.8) is 0 Å². The Morgan fingerprint density at radius 2 is 2.20 bits per heavy atom. The van der Waals surface area contributed by atoms with Crippen molar-refractivity contribution in [2.45, 2.75) is 51.6 Å². The molecule has 2 fully saturated rings. The summed E-state index contributed by atoms with van der Waals surface area (Å²) in [4.78, 5) is 27.8. The van der Waals surface area contributed by atoms with Crippen molar-refractivity contribution >= 4 is 23.2 Å². The Kier molecular flexibility index (Phi) is 3.32. The monoisotopic (exact) mass is 293 g/mol. The number of nitrogens with zero attached hydrogens (tertiary/aromatic N) is 1. The summed E-state index contributed by atoms with van der Waals surface area (Å²) in [5, 5.41) is 9.26. The van der Waals surface area contributed by atoms with Crippen LogP contribution < -0.4 is 0 Å². The molecule has 0 saturated carbocycles. The van der Waals surface area contributed by atoms with Gasteiger partial charge in [-0.25, -0.2) is 0 Å². The van der Waals surface area contributed by atoms with Crippen LogP contribution in [0.2, 0.25) is 0 Å². The number of aryl methyl sites for hydroxylation is 2. The van der Waals surface area contributed by atoms with Gasteiger partial charge in [-0.1, -0.05) is 6.92 Å². The molecule has 108 valence electrons. The lowest BCUT2D eigenvalue weighted by molar-refractivity contribution is -0.142. The number of aliphatic carboxylic acids is 1. The van der Waals surface area contributed by atoms with E-state index in [9.17, 15) is 14.7 Å². The molecule has 0 spiro atoms. The SMILES string of the molecule is CCc1cc(C(=O)N2C3CCC2C(C(=O)O)C3)sc1C.